The van der Waals surface area contributed by atoms with Crippen molar-refractivity contribution in [3.63, 3.8) is 0 Å². The minimum absolute atomic E-state index is 0.0365. The Morgan fingerprint density at radius 3 is 2.38 bits per heavy atom. The van der Waals surface area contributed by atoms with E-state index >= 15 is 0 Å². The maximum atomic E-state index is 11.9. The molecule has 0 aromatic heterocycles. The molecule has 0 amide bonds. The molecule has 0 saturated carbocycles. The summed E-state index contributed by atoms with van der Waals surface area (Å²) < 4.78 is 41.0. The Kier molecular flexibility index (Phi) is 13.1. The summed E-state index contributed by atoms with van der Waals surface area (Å²) in [4.78, 5) is 0. The minimum atomic E-state index is -4.10. The van der Waals surface area contributed by atoms with E-state index in [0.717, 1.165) is 12.8 Å². The molecule has 0 aromatic rings. The molecular formula is C15H30F3NO2. The van der Waals surface area contributed by atoms with E-state index in [1.54, 1.807) is 0 Å². The third-order valence-electron chi connectivity index (χ3n) is 3.15. The summed E-state index contributed by atoms with van der Waals surface area (Å²) in [6.45, 7) is 3.59. The second-order valence-corrected chi connectivity index (χ2v) is 5.42. The quantitative estimate of drug-likeness (QED) is 0.481. The fraction of sp³-hybridized carbons (Fsp3) is 1.00. The van der Waals surface area contributed by atoms with Gasteiger partial charge in [-0.05, 0) is 19.4 Å². The second-order valence-electron chi connectivity index (χ2n) is 5.42. The van der Waals surface area contributed by atoms with E-state index < -0.39 is 18.7 Å². The van der Waals surface area contributed by atoms with Crippen LogP contribution in [0, 0.1) is 0 Å². The van der Waals surface area contributed by atoms with Crippen LogP contribution in [0.1, 0.15) is 58.3 Å². The smallest absolute Gasteiger partial charge is 0.389 e. The van der Waals surface area contributed by atoms with Crippen molar-refractivity contribution < 1.29 is 23.0 Å². The summed E-state index contributed by atoms with van der Waals surface area (Å²) in [5.41, 5.74) is 0. The van der Waals surface area contributed by atoms with Crippen LogP contribution >= 0.6 is 0 Å². The Morgan fingerprint density at radius 2 is 1.71 bits per heavy atom. The van der Waals surface area contributed by atoms with E-state index in [0.29, 0.717) is 6.61 Å². The molecule has 0 radical (unpaired) electrons. The molecule has 2 N–H and O–H groups in total. The summed E-state index contributed by atoms with van der Waals surface area (Å²) in [5, 5.41) is 12.4. The van der Waals surface area contributed by atoms with Crippen LogP contribution < -0.4 is 5.32 Å². The van der Waals surface area contributed by atoms with Gasteiger partial charge in [0.05, 0.1) is 12.7 Å². The molecule has 21 heavy (non-hydrogen) atoms. The predicted octanol–water partition coefficient (Wildman–Crippen LogP) is 3.66. The molecule has 0 aromatic carbocycles. The lowest BCUT2D eigenvalue weighted by Gasteiger charge is -2.13. The second kappa shape index (κ2) is 13.3. The molecule has 1 unspecified atom stereocenters. The number of halogens is 3. The van der Waals surface area contributed by atoms with Gasteiger partial charge in [-0.25, -0.2) is 0 Å². The lowest BCUT2D eigenvalue weighted by molar-refractivity contribution is -0.135. The van der Waals surface area contributed by atoms with Crippen molar-refractivity contribution in [1.29, 1.82) is 0 Å². The van der Waals surface area contributed by atoms with Gasteiger partial charge in [-0.1, -0.05) is 39.0 Å². The van der Waals surface area contributed by atoms with Crippen LogP contribution in [0.3, 0.4) is 0 Å². The molecule has 0 bridgehead atoms. The van der Waals surface area contributed by atoms with Gasteiger partial charge in [0.25, 0.3) is 0 Å². The number of aliphatic hydroxyl groups is 1. The number of aliphatic hydroxyl groups excluding tert-OH is 1. The standard InChI is InChI=1S/C15H30F3NO2/c1-2-3-4-5-6-7-11-21-13-14(20)12-19-10-8-9-15(16,17)18/h14,19-20H,2-13H2,1H3. The summed E-state index contributed by atoms with van der Waals surface area (Å²) in [7, 11) is 0. The molecule has 3 nitrogen and oxygen atoms in total. The lowest BCUT2D eigenvalue weighted by Crippen LogP contribution is -2.31. The van der Waals surface area contributed by atoms with Crippen molar-refractivity contribution in [2.75, 3.05) is 26.3 Å². The monoisotopic (exact) mass is 313 g/mol. The Labute approximate surface area is 126 Å². The molecule has 6 heteroatoms. The van der Waals surface area contributed by atoms with Gasteiger partial charge in [-0.2, -0.15) is 13.2 Å². The first kappa shape index (κ1) is 20.7. The predicted molar refractivity (Wildman–Crippen MR) is 78.4 cm³/mol. The first-order valence-corrected chi connectivity index (χ1v) is 7.99. The Morgan fingerprint density at radius 1 is 1.05 bits per heavy atom. The van der Waals surface area contributed by atoms with E-state index in [4.69, 9.17) is 4.74 Å². The maximum Gasteiger partial charge on any atom is 0.389 e. The molecule has 0 saturated heterocycles. The SMILES string of the molecule is CCCCCCCCOCC(O)CNCCCC(F)(F)F. The number of ether oxygens (including phenoxy) is 1. The van der Waals surface area contributed by atoms with Crippen LogP contribution in [0.25, 0.3) is 0 Å². The maximum absolute atomic E-state index is 11.9. The van der Waals surface area contributed by atoms with Gasteiger partial charge in [-0.3, -0.25) is 0 Å². The Bertz CT molecular complexity index is 225. The molecule has 0 aliphatic carbocycles. The van der Waals surface area contributed by atoms with Gasteiger partial charge in [0.2, 0.25) is 0 Å². The van der Waals surface area contributed by atoms with Crippen LogP contribution in [0.15, 0.2) is 0 Å². The van der Waals surface area contributed by atoms with E-state index in [9.17, 15) is 18.3 Å². The van der Waals surface area contributed by atoms with Crippen molar-refractivity contribution in [2.45, 2.75) is 70.6 Å². The summed E-state index contributed by atoms with van der Waals surface area (Å²) >= 11 is 0. The zero-order chi connectivity index (χ0) is 16.0. The first-order chi connectivity index (χ1) is 9.95. The fourth-order valence-corrected chi connectivity index (χ4v) is 1.95. The van der Waals surface area contributed by atoms with Gasteiger partial charge in [0, 0.05) is 19.6 Å². The number of hydrogen-bond acceptors (Lipinski definition) is 3. The number of hydrogen-bond donors (Lipinski definition) is 2. The van der Waals surface area contributed by atoms with Crippen LogP contribution in [0.4, 0.5) is 13.2 Å². The van der Waals surface area contributed by atoms with Gasteiger partial charge < -0.3 is 15.2 Å². The van der Waals surface area contributed by atoms with Crippen LogP contribution in [0.5, 0.6) is 0 Å². The minimum Gasteiger partial charge on any atom is -0.389 e. The van der Waals surface area contributed by atoms with E-state index in [1.807, 2.05) is 0 Å². The van der Waals surface area contributed by atoms with Crippen LogP contribution in [-0.4, -0.2) is 43.7 Å². The Balaban J connectivity index is 3.22. The topological polar surface area (TPSA) is 41.5 Å². The largest absolute Gasteiger partial charge is 0.389 e. The first-order valence-electron chi connectivity index (χ1n) is 7.99. The average Bonchev–Trinajstić information content (AvgIpc) is 2.40. The summed E-state index contributed by atoms with van der Waals surface area (Å²) in [5.74, 6) is 0. The van der Waals surface area contributed by atoms with Crippen LogP contribution in [0.2, 0.25) is 0 Å². The molecule has 0 aliphatic heterocycles. The van der Waals surface area contributed by atoms with Crippen molar-refractivity contribution in [2.24, 2.45) is 0 Å². The molecule has 0 heterocycles. The highest BCUT2D eigenvalue weighted by Crippen LogP contribution is 2.20. The molecule has 0 spiro atoms. The fourth-order valence-electron chi connectivity index (χ4n) is 1.95. The average molecular weight is 313 g/mol. The van der Waals surface area contributed by atoms with Gasteiger partial charge in [0.1, 0.15) is 0 Å². The highest BCUT2D eigenvalue weighted by atomic mass is 19.4. The molecule has 0 aliphatic rings. The van der Waals surface area contributed by atoms with E-state index in [-0.39, 0.29) is 26.1 Å². The van der Waals surface area contributed by atoms with Crippen molar-refractivity contribution in [3.8, 4) is 0 Å². The number of unbranched alkanes of at least 4 members (excludes halogenated alkanes) is 5. The highest BCUT2D eigenvalue weighted by molar-refractivity contribution is 4.60. The zero-order valence-corrected chi connectivity index (χ0v) is 13.1. The number of alkyl halides is 3. The molecular weight excluding hydrogens is 283 g/mol. The third kappa shape index (κ3) is 17.6. The molecule has 1 atom stereocenters. The van der Waals surface area contributed by atoms with E-state index in [1.165, 1.54) is 25.7 Å². The third-order valence-corrected chi connectivity index (χ3v) is 3.15. The number of nitrogens with one attached hydrogen (secondary N) is 1. The number of rotatable bonds is 14. The van der Waals surface area contributed by atoms with Crippen LogP contribution in [-0.2, 0) is 4.74 Å². The van der Waals surface area contributed by atoms with Crippen molar-refractivity contribution in [1.82, 2.24) is 5.32 Å². The Hall–Kier alpha value is -0.330. The van der Waals surface area contributed by atoms with Gasteiger partial charge >= 0.3 is 6.18 Å². The molecule has 0 fully saturated rings. The molecule has 128 valence electrons. The van der Waals surface area contributed by atoms with Crippen molar-refractivity contribution >= 4 is 0 Å². The molecule has 0 rings (SSSR count). The normalized spacial score (nSPS) is 13.6. The van der Waals surface area contributed by atoms with Gasteiger partial charge in [-0.15, -0.1) is 0 Å². The summed E-state index contributed by atoms with van der Waals surface area (Å²) in [6.07, 6.45) is 1.64. The lowest BCUT2D eigenvalue weighted by atomic mass is 10.1. The highest BCUT2D eigenvalue weighted by Gasteiger charge is 2.25. The van der Waals surface area contributed by atoms with E-state index in [2.05, 4.69) is 12.2 Å². The summed E-state index contributed by atoms with van der Waals surface area (Å²) in [6, 6.07) is 0. The van der Waals surface area contributed by atoms with Gasteiger partial charge in [0.15, 0.2) is 0 Å². The van der Waals surface area contributed by atoms with Crippen molar-refractivity contribution in [3.05, 3.63) is 0 Å². The zero-order valence-electron chi connectivity index (χ0n) is 13.1.